The molecule has 1 aromatic heterocycles. The maximum atomic E-state index is 13.2. The molecule has 0 aliphatic rings. The zero-order chi connectivity index (χ0) is 23.2. The van der Waals surface area contributed by atoms with Crippen LogP contribution in [0.1, 0.15) is 21.5 Å². The van der Waals surface area contributed by atoms with E-state index in [1.807, 2.05) is 67.6 Å². The van der Waals surface area contributed by atoms with Crippen molar-refractivity contribution in [1.29, 1.82) is 0 Å². The summed E-state index contributed by atoms with van der Waals surface area (Å²) in [7, 11) is 1.61. The molecule has 3 N–H and O–H groups in total. The summed E-state index contributed by atoms with van der Waals surface area (Å²) in [6, 6.07) is 22.1. The van der Waals surface area contributed by atoms with Crippen molar-refractivity contribution < 1.29 is 9.53 Å². The lowest BCUT2D eigenvalue weighted by Crippen LogP contribution is -2.13. The number of amides is 1. The van der Waals surface area contributed by atoms with Gasteiger partial charge < -0.3 is 15.4 Å². The second-order valence-electron chi connectivity index (χ2n) is 7.28. The van der Waals surface area contributed by atoms with E-state index in [1.54, 1.807) is 25.5 Å². The summed E-state index contributed by atoms with van der Waals surface area (Å²) in [6.07, 6.45) is 1.63. The Labute approximate surface area is 196 Å². The molecule has 4 rings (SSSR count). The average molecular weight is 460 g/mol. The molecule has 0 unspecified atom stereocenters. The number of benzene rings is 3. The first-order valence-electron chi connectivity index (χ1n) is 10.2. The minimum atomic E-state index is -0.341. The summed E-state index contributed by atoms with van der Waals surface area (Å²) in [5, 5.41) is 13.9. The summed E-state index contributed by atoms with van der Waals surface area (Å²) >= 11 is 5.95. The highest BCUT2D eigenvalue weighted by molar-refractivity contribution is 6.30. The van der Waals surface area contributed by atoms with Crippen LogP contribution in [0.4, 0.5) is 23.0 Å². The molecule has 0 aliphatic carbocycles. The van der Waals surface area contributed by atoms with E-state index in [9.17, 15) is 4.79 Å². The van der Waals surface area contributed by atoms with Gasteiger partial charge in [0, 0.05) is 22.6 Å². The van der Waals surface area contributed by atoms with Crippen molar-refractivity contribution in [2.45, 2.75) is 6.92 Å². The van der Waals surface area contributed by atoms with Crippen LogP contribution in [0.2, 0.25) is 5.02 Å². The summed E-state index contributed by atoms with van der Waals surface area (Å²) in [6.45, 7) is 1.99. The molecular formula is C25H22ClN5O2. The molecule has 33 heavy (non-hydrogen) atoms. The average Bonchev–Trinajstić information content (AvgIpc) is 3.23. The number of nitrogens with one attached hydrogen (secondary N) is 3. The molecule has 0 spiro atoms. The molecule has 8 heteroatoms. The lowest BCUT2D eigenvalue weighted by Gasteiger charge is -2.09. The van der Waals surface area contributed by atoms with Gasteiger partial charge in [0.25, 0.3) is 5.91 Å². The van der Waals surface area contributed by atoms with Gasteiger partial charge in [0.15, 0.2) is 5.82 Å². The predicted molar refractivity (Wildman–Crippen MR) is 133 cm³/mol. The number of hydrogen-bond acceptors (Lipinski definition) is 5. The lowest BCUT2D eigenvalue weighted by molar-refractivity contribution is 0.102. The van der Waals surface area contributed by atoms with Crippen LogP contribution in [0.3, 0.4) is 0 Å². The molecule has 1 heterocycles. The molecule has 166 valence electrons. The van der Waals surface area contributed by atoms with Crippen LogP contribution in [-0.4, -0.2) is 29.4 Å². The molecule has 0 bridgehead atoms. The van der Waals surface area contributed by atoms with Crippen LogP contribution in [0.25, 0.3) is 0 Å². The molecule has 0 fully saturated rings. The number of anilines is 3. The van der Waals surface area contributed by atoms with Gasteiger partial charge >= 0.3 is 0 Å². The van der Waals surface area contributed by atoms with E-state index < -0.39 is 0 Å². The molecule has 0 saturated carbocycles. The molecule has 0 aliphatic heterocycles. The number of methoxy groups -OCH3 is 1. The van der Waals surface area contributed by atoms with Crippen LogP contribution >= 0.6 is 11.6 Å². The fourth-order valence-electron chi connectivity index (χ4n) is 3.07. The van der Waals surface area contributed by atoms with E-state index in [4.69, 9.17) is 16.3 Å². The number of ether oxygens (including phenoxy) is 1. The van der Waals surface area contributed by atoms with Crippen LogP contribution in [0.15, 0.2) is 77.8 Å². The fourth-order valence-corrected chi connectivity index (χ4v) is 3.19. The highest BCUT2D eigenvalue weighted by Crippen LogP contribution is 2.28. The largest absolute Gasteiger partial charge is 0.497 e. The molecule has 7 nitrogen and oxygen atoms in total. The quantitative estimate of drug-likeness (QED) is 0.290. The van der Waals surface area contributed by atoms with E-state index in [-0.39, 0.29) is 17.3 Å². The Balaban J connectivity index is 1.65. The van der Waals surface area contributed by atoms with Crippen LogP contribution in [-0.2, 0) is 0 Å². The molecule has 3 aromatic carbocycles. The van der Waals surface area contributed by atoms with Crippen molar-refractivity contribution in [1.82, 2.24) is 10.2 Å². The highest BCUT2D eigenvalue weighted by Gasteiger charge is 2.21. The van der Waals surface area contributed by atoms with E-state index in [0.717, 1.165) is 22.6 Å². The minimum Gasteiger partial charge on any atom is -0.497 e. The first-order valence-corrected chi connectivity index (χ1v) is 10.6. The summed E-state index contributed by atoms with van der Waals surface area (Å²) in [5.74, 6) is 1.07. The topological polar surface area (TPSA) is 91.4 Å². The first-order chi connectivity index (χ1) is 16.0. The maximum Gasteiger partial charge on any atom is 0.263 e. The second kappa shape index (κ2) is 10.0. The summed E-state index contributed by atoms with van der Waals surface area (Å²) in [5.41, 5.74) is 3.66. The van der Waals surface area contributed by atoms with Gasteiger partial charge in [-0.25, -0.2) is 4.99 Å². The van der Waals surface area contributed by atoms with Crippen molar-refractivity contribution in [3.8, 4) is 5.75 Å². The van der Waals surface area contributed by atoms with Crippen molar-refractivity contribution in [3.05, 3.63) is 94.5 Å². The number of aromatic amines is 1. The van der Waals surface area contributed by atoms with E-state index >= 15 is 0 Å². The normalized spacial score (nSPS) is 10.9. The molecule has 4 aromatic rings. The molecule has 0 atom stereocenters. The molecule has 0 saturated heterocycles. The number of carbonyl (C=O) groups excluding carboxylic acids is 1. The number of carbonyl (C=O) groups is 1. The van der Waals surface area contributed by atoms with Gasteiger partial charge in [0.2, 0.25) is 0 Å². The smallest absolute Gasteiger partial charge is 0.263 e. The van der Waals surface area contributed by atoms with Crippen LogP contribution in [0, 0.1) is 6.92 Å². The lowest BCUT2D eigenvalue weighted by atomic mass is 10.2. The van der Waals surface area contributed by atoms with E-state index in [1.165, 1.54) is 0 Å². The van der Waals surface area contributed by atoms with Crippen molar-refractivity contribution in [3.63, 3.8) is 0 Å². The Kier molecular flexibility index (Phi) is 6.71. The fraction of sp³-hybridized carbons (Fsp3) is 0.0800. The monoisotopic (exact) mass is 459 g/mol. The van der Waals surface area contributed by atoms with Gasteiger partial charge in [-0.15, -0.1) is 0 Å². The number of nitrogens with zero attached hydrogens (tertiary/aromatic N) is 2. The number of aliphatic imine (C=N–C) groups is 1. The standard InChI is InChI=1S/C25H22ClN5O2/c1-16-3-9-20(10-4-16)29-25(32)22-23(27-15-17-5-7-18(26)8-6-17)30-31-24(22)28-19-11-13-21(33-2)14-12-19/h3-15H,1-2H3,(H,29,32)(H2,28,30,31). The SMILES string of the molecule is COc1ccc(Nc2[nH]nc(N=Cc3ccc(Cl)cc3)c2C(=O)Nc2ccc(C)cc2)cc1. The third-order valence-electron chi connectivity index (χ3n) is 4.85. The van der Waals surface area contributed by atoms with Gasteiger partial charge in [-0.05, 0) is 61.0 Å². The van der Waals surface area contributed by atoms with E-state index in [2.05, 4.69) is 25.8 Å². The summed E-state index contributed by atoms with van der Waals surface area (Å²) in [4.78, 5) is 17.7. The number of hydrogen-bond donors (Lipinski definition) is 3. The Hall–Kier alpha value is -4.10. The Morgan fingerprint density at radius 1 is 1.00 bits per heavy atom. The van der Waals surface area contributed by atoms with Gasteiger partial charge in [0.05, 0.1) is 7.11 Å². The van der Waals surface area contributed by atoms with E-state index in [0.29, 0.717) is 16.5 Å². The Morgan fingerprint density at radius 2 is 1.67 bits per heavy atom. The zero-order valence-electron chi connectivity index (χ0n) is 18.1. The van der Waals surface area contributed by atoms with Crippen LogP contribution < -0.4 is 15.4 Å². The van der Waals surface area contributed by atoms with Crippen LogP contribution in [0.5, 0.6) is 5.75 Å². The Bertz CT molecular complexity index is 1260. The van der Waals surface area contributed by atoms with Gasteiger partial charge in [-0.2, -0.15) is 5.10 Å². The predicted octanol–water partition coefficient (Wildman–Crippen LogP) is 6.13. The zero-order valence-corrected chi connectivity index (χ0v) is 18.9. The van der Waals surface area contributed by atoms with Gasteiger partial charge in [0.1, 0.15) is 17.1 Å². The number of aryl methyl sites for hydroxylation is 1. The molecule has 1 amide bonds. The molecule has 0 radical (unpaired) electrons. The third-order valence-corrected chi connectivity index (χ3v) is 5.10. The highest BCUT2D eigenvalue weighted by atomic mass is 35.5. The number of H-pyrrole nitrogens is 1. The van der Waals surface area contributed by atoms with Crippen molar-refractivity contribution in [2.75, 3.05) is 17.7 Å². The van der Waals surface area contributed by atoms with Crippen molar-refractivity contribution in [2.24, 2.45) is 4.99 Å². The maximum absolute atomic E-state index is 13.2. The van der Waals surface area contributed by atoms with Crippen molar-refractivity contribution >= 4 is 46.7 Å². The third kappa shape index (κ3) is 5.58. The number of rotatable bonds is 7. The first kappa shape index (κ1) is 22.1. The second-order valence-corrected chi connectivity index (χ2v) is 7.72. The number of halogens is 1. The van der Waals surface area contributed by atoms with Gasteiger partial charge in [-0.3, -0.25) is 9.89 Å². The minimum absolute atomic E-state index is 0.255. The van der Waals surface area contributed by atoms with Gasteiger partial charge in [-0.1, -0.05) is 41.4 Å². The molecular weight excluding hydrogens is 438 g/mol. The number of aromatic nitrogens is 2. The summed E-state index contributed by atoms with van der Waals surface area (Å²) < 4.78 is 5.20. The Morgan fingerprint density at radius 3 is 2.33 bits per heavy atom.